The van der Waals surface area contributed by atoms with Gasteiger partial charge in [0.2, 0.25) is 5.91 Å². The summed E-state index contributed by atoms with van der Waals surface area (Å²) in [6.45, 7) is -0.0407. The lowest BCUT2D eigenvalue weighted by Gasteiger charge is -2.16. The number of halogens is 3. The van der Waals surface area contributed by atoms with Crippen LogP contribution in [0.3, 0.4) is 0 Å². The lowest BCUT2D eigenvalue weighted by molar-refractivity contribution is -0.154. The van der Waals surface area contributed by atoms with Gasteiger partial charge >= 0.3 is 12.3 Å². The summed E-state index contributed by atoms with van der Waals surface area (Å²) in [4.78, 5) is 25.0. The highest BCUT2D eigenvalue weighted by Crippen LogP contribution is 2.35. The number of aryl methyl sites for hydroxylation is 2. The van der Waals surface area contributed by atoms with Crippen molar-refractivity contribution in [2.75, 3.05) is 18.0 Å². The molecule has 1 aromatic carbocycles. The third kappa shape index (κ3) is 4.20. The van der Waals surface area contributed by atoms with Gasteiger partial charge in [-0.15, -0.1) is 0 Å². The second kappa shape index (κ2) is 7.41. The number of carbonyl (C=O) groups excluding carboxylic acids is 2. The largest absolute Gasteiger partial charge is 0.442 e. The van der Waals surface area contributed by atoms with Crippen molar-refractivity contribution in [1.29, 1.82) is 0 Å². The van der Waals surface area contributed by atoms with E-state index < -0.39 is 30.7 Å². The summed E-state index contributed by atoms with van der Waals surface area (Å²) >= 11 is 0. The maximum absolute atomic E-state index is 12.2. The molecule has 154 valence electrons. The highest BCUT2D eigenvalue weighted by Gasteiger charge is 2.35. The highest BCUT2D eigenvalue weighted by atomic mass is 19.4. The lowest BCUT2D eigenvalue weighted by atomic mass is 10.0. The predicted molar refractivity (Wildman–Crippen MR) is 95.3 cm³/mol. The molecule has 2 aliphatic rings. The number of hydrogen-bond donors (Lipinski definition) is 1. The number of hydrogen-bond acceptors (Lipinski definition) is 5. The van der Waals surface area contributed by atoms with E-state index in [2.05, 4.69) is 10.5 Å². The van der Waals surface area contributed by atoms with Crippen LogP contribution < -0.4 is 10.2 Å². The fourth-order valence-electron chi connectivity index (χ4n) is 3.62. The number of alkyl halides is 3. The van der Waals surface area contributed by atoms with Gasteiger partial charge in [0, 0.05) is 16.8 Å². The molecule has 1 aromatic heterocycles. The first-order valence-electron chi connectivity index (χ1n) is 9.18. The first kappa shape index (κ1) is 19.3. The topological polar surface area (TPSA) is 84.7 Å². The highest BCUT2D eigenvalue weighted by molar-refractivity contribution is 5.90. The van der Waals surface area contributed by atoms with Crippen molar-refractivity contribution in [2.45, 2.75) is 38.0 Å². The minimum absolute atomic E-state index is 0.136. The van der Waals surface area contributed by atoms with Crippen molar-refractivity contribution in [3.63, 3.8) is 0 Å². The number of aromatic nitrogens is 1. The molecule has 0 radical (unpaired) electrons. The Morgan fingerprint density at radius 2 is 2.07 bits per heavy atom. The first-order valence-corrected chi connectivity index (χ1v) is 9.18. The van der Waals surface area contributed by atoms with Crippen LogP contribution in [0.1, 0.15) is 24.0 Å². The standard InChI is InChI=1S/C19H18F3N3O4/c20-19(21,22)7-16(26)23-9-14-10-25(18(27)28-14)13-4-5-15-11(6-13)2-1-3-12-8-24-29-17(12)15/h4-6,8,14H,1-3,7,9-10H2,(H,23,26). The zero-order chi connectivity index (χ0) is 20.6. The Labute approximate surface area is 163 Å². The monoisotopic (exact) mass is 409 g/mol. The quantitative estimate of drug-likeness (QED) is 0.838. The van der Waals surface area contributed by atoms with Crippen LogP contribution in [-0.2, 0) is 22.4 Å². The Kier molecular flexibility index (Phi) is 4.93. The molecule has 0 saturated carbocycles. The summed E-state index contributed by atoms with van der Waals surface area (Å²) in [6.07, 6.45) is -3.16. The molecule has 29 heavy (non-hydrogen) atoms. The summed E-state index contributed by atoms with van der Waals surface area (Å²) < 4.78 is 47.2. The van der Waals surface area contributed by atoms with E-state index in [0.29, 0.717) is 5.69 Å². The van der Waals surface area contributed by atoms with Crippen molar-refractivity contribution < 1.29 is 32.0 Å². The lowest BCUT2D eigenvalue weighted by Crippen LogP contribution is -2.36. The molecule has 1 unspecified atom stereocenters. The number of cyclic esters (lactones) is 1. The minimum Gasteiger partial charge on any atom is -0.442 e. The molecule has 7 nitrogen and oxygen atoms in total. The molecule has 10 heteroatoms. The molecular formula is C19H18F3N3O4. The molecule has 2 heterocycles. The third-order valence-corrected chi connectivity index (χ3v) is 4.94. The van der Waals surface area contributed by atoms with E-state index >= 15 is 0 Å². The van der Waals surface area contributed by atoms with E-state index in [4.69, 9.17) is 9.26 Å². The van der Waals surface area contributed by atoms with Gasteiger partial charge in [0.15, 0.2) is 5.76 Å². The van der Waals surface area contributed by atoms with Crippen LogP contribution in [0.5, 0.6) is 0 Å². The van der Waals surface area contributed by atoms with Crippen molar-refractivity contribution in [3.8, 4) is 11.3 Å². The average molecular weight is 409 g/mol. The summed E-state index contributed by atoms with van der Waals surface area (Å²) in [6, 6.07) is 5.52. The van der Waals surface area contributed by atoms with Gasteiger partial charge in [0.05, 0.1) is 19.3 Å². The first-order chi connectivity index (χ1) is 13.8. The molecular weight excluding hydrogens is 391 g/mol. The zero-order valence-electron chi connectivity index (χ0n) is 15.3. The van der Waals surface area contributed by atoms with Crippen LogP contribution in [0.2, 0.25) is 0 Å². The molecule has 1 atom stereocenters. The normalized spacial score (nSPS) is 18.7. The molecule has 1 aliphatic carbocycles. The number of rotatable bonds is 4. The van der Waals surface area contributed by atoms with E-state index in [1.54, 1.807) is 12.3 Å². The van der Waals surface area contributed by atoms with Gasteiger partial charge in [-0.25, -0.2) is 4.79 Å². The maximum atomic E-state index is 12.2. The Morgan fingerprint density at radius 3 is 2.86 bits per heavy atom. The molecule has 0 bridgehead atoms. The van der Waals surface area contributed by atoms with E-state index in [9.17, 15) is 22.8 Å². The van der Waals surface area contributed by atoms with Crippen LogP contribution in [0.25, 0.3) is 11.3 Å². The summed E-state index contributed by atoms with van der Waals surface area (Å²) in [5, 5.41) is 6.02. The van der Waals surface area contributed by atoms with Crippen LogP contribution >= 0.6 is 0 Å². The van der Waals surface area contributed by atoms with Gasteiger partial charge in [-0.05, 0) is 43.0 Å². The molecule has 0 spiro atoms. The summed E-state index contributed by atoms with van der Waals surface area (Å²) in [5.41, 5.74) is 3.63. The number of fused-ring (bicyclic) bond motifs is 3. The Hall–Kier alpha value is -3.04. The van der Waals surface area contributed by atoms with Gasteiger partial charge in [0.25, 0.3) is 0 Å². The molecule has 2 aromatic rings. The number of ether oxygens (including phenoxy) is 1. The zero-order valence-corrected chi connectivity index (χ0v) is 15.3. The second-order valence-corrected chi connectivity index (χ2v) is 7.09. The molecule has 1 saturated heterocycles. The van der Waals surface area contributed by atoms with Crippen LogP contribution in [0.4, 0.5) is 23.7 Å². The molecule has 1 N–H and O–H groups in total. The molecule has 4 rings (SSSR count). The van der Waals surface area contributed by atoms with E-state index in [1.807, 2.05) is 12.1 Å². The number of amides is 2. The van der Waals surface area contributed by atoms with E-state index in [-0.39, 0.29) is 13.1 Å². The number of anilines is 1. The molecule has 1 fully saturated rings. The van der Waals surface area contributed by atoms with Gasteiger partial charge in [-0.1, -0.05) is 5.16 Å². The van der Waals surface area contributed by atoms with Crippen LogP contribution in [-0.4, -0.2) is 42.5 Å². The summed E-state index contributed by atoms with van der Waals surface area (Å²) in [5.74, 6) is -0.418. The van der Waals surface area contributed by atoms with Crippen molar-refractivity contribution >= 4 is 17.7 Å². The Balaban J connectivity index is 1.44. The smallest absolute Gasteiger partial charge is 0.414 e. The van der Waals surface area contributed by atoms with Gasteiger partial charge in [-0.3, -0.25) is 9.69 Å². The van der Waals surface area contributed by atoms with Crippen molar-refractivity contribution in [2.24, 2.45) is 0 Å². The maximum Gasteiger partial charge on any atom is 0.414 e. The van der Waals surface area contributed by atoms with Gasteiger partial charge in [0.1, 0.15) is 12.5 Å². The fraction of sp³-hybridized carbons (Fsp3) is 0.421. The SMILES string of the molecule is O=C(CC(F)(F)F)NCC1CN(c2ccc3c(c2)CCCc2cnoc2-3)C(=O)O1. The predicted octanol–water partition coefficient (Wildman–Crippen LogP) is 3.22. The van der Waals surface area contributed by atoms with E-state index in [0.717, 1.165) is 41.7 Å². The Bertz CT molecular complexity index is 941. The van der Waals surface area contributed by atoms with E-state index in [1.165, 1.54) is 4.90 Å². The van der Waals surface area contributed by atoms with Gasteiger partial charge < -0.3 is 14.6 Å². The fourth-order valence-corrected chi connectivity index (χ4v) is 3.62. The Morgan fingerprint density at radius 1 is 1.28 bits per heavy atom. The van der Waals surface area contributed by atoms with Crippen LogP contribution in [0.15, 0.2) is 28.9 Å². The molecule has 1 aliphatic heterocycles. The van der Waals surface area contributed by atoms with Crippen LogP contribution in [0, 0.1) is 0 Å². The number of nitrogens with one attached hydrogen (secondary N) is 1. The van der Waals surface area contributed by atoms with Crippen molar-refractivity contribution in [1.82, 2.24) is 10.5 Å². The van der Waals surface area contributed by atoms with Crippen molar-refractivity contribution in [3.05, 3.63) is 35.5 Å². The third-order valence-electron chi connectivity index (χ3n) is 4.94. The average Bonchev–Trinajstić information content (AvgIpc) is 3.21. The number of nitrogens with zero attached hydrogens (tertiary/aromatic N) is 2. The molecule has 2 amide bonds. The van der Waals surface area contributed by atoms with Gasteiger partial charge in [-0.2, -0.15) is 13.2 Å². The second-order valence-electron chi connectivity index (χ2n) is 7.09. The number of benzene rings is 1. The summed E-state index contributed by atoms with van der Waals surface area (Å²) in [7, 11) is 0. The number of carbonyl (C=O) groups is 2. The minimum atomic E-state index is -4.58.